The minimum absolute atomic E-state index is 0.0517. The van der Waals surface area contributed by atoms with E-state index in [1.807, 2.05) is 52.7 Å². The lowest BCUT2D eigenvalue weighted by Crippen LogP contribution is -2.49. The Bertz CT molecular complexity index is 1260. The summed E-state index contributed by atoms with van der Waals surface area (Å²) in [6.07, 6.45) is 6.80. The van der Waals surface area contributed by atoms with Crippen LogP contribution in [0.1, 0.15) is 83.8 Å². The van der Waals surface area contributed by atoms with Gasteiger partial charge in [0.15, 0.2) is 0 Å². The molecule has 0 radical (unpaired) electrons. The minimum atomic E-state index is -0.460. The van der Waals surface area contributed by atoms with Gasteiger partial charge in [-0.05, 0) is 85.5 Å². The predicted octanol–water partition coefficient (Wildman–Crippen LogP) is 6.84. The van der Waals surface area contributed by atoms with Crippen molar-refractivity contribution in [3.8, 4) is 0 Å². The number of benzene rings is 2. The van der Waals surface area contributed by atoms with Crippen molar-refractivity contribution in [1.29, 1.82) is 0 Å². The van der Waals surface area contributed by atoms with E-state index in [-0.39, 0.29) is 23.9 Å². The van der Waals surface area contributed by atoms with Gasteiger partial charge < -0.3 is 10.2 Å². The normalized spacial score (nSPS) is 23.0. The highest BCUT2D eigenvalue weighted by molar-refractivity contribution is 7.10. The molecule has 198 valence electrons. The van der Waals surface area contributed by atoms with Crippen molar-refractivity contribution in [2.75, 3.05) is 18.4 Å². The Hall–Kier alpha value is -2.96. The van der Waals surface area contributed by atoms with Gasteiger partial charge in [-0.3, -0.25) is 14.5 Å². The summed E-state index contributed by atoms with van der Waals surface area (Å²) in [5, 5.41) is 5.27. The Labute approximate surface area is 229 Å². The van der Waals surface area contributed by atoms with Crippen LogP contribution in [0.3, 0.4) is 0 Å². The summed E-state index contributed by atoms with van der Waals surface area (Å²) in [7, 11) is 0. The maximum absolute atomic E-state index is 14.1. The number of likely N-dealkylation sites (tertiary alicyclic amines) is 1. The van der Waals surface area contributed by atoms with Crippen LogP contribution in [0.2, 0.25) is 0 Å². The van der Waals surface area contributed by atoms with Crippen molar-refractivity contribution in [3.05, 3.63) is 87.6 Å². The highest BCUT2D eigenvalue weighted by atomic mass is 32.1. The molecule has 3 aromatic rings. The van der Waals surface area contributed by atoms with E-state index in [1.54, 1.807) is 11.3 Å². The van der Waals surface area contributed by atoms with Gasteiger partial charge in [0, 0.05) is 28.7 Å². The molecule has 2 atom stereocenters. The zero-order valence-corrected chi connectivity index (χ0v) is 23.0. The fraction of sp³-hybridized carbons (Fsp3) is 0.438. The topological polar surface area (TPSA) is 52.7 Å². The second-order valence-electron chi connectivity index (χ2n) is 11.3. The second-order valence-corrected chi connectivity index (χ2v) is 12.3. The third kappa shape index (κ3) is 5.04. The van der Waals surface area contributed by atoms with Crippen molar-refractivity contribution < 1.29 is 9.59 Å². The number of fused-ring (bicyclic) bond motifs is 1. The lowest BCUT2D eigenvalue weighted by atomic mass is 9.80. The number of anilines is 1. The molecule has 0 unspecified atom stereocenters. The van der Waals surface area contributed by atoms with E-state index >= 15 is 0 Å². The van der Waals surface area contributed by atoms with Crippen LogP contribution in [0.5, 0.6) is 0 Å². The van der Waals surface area contributed by atoms with E-state index in [4.69, 9.17) is 0 Å². The van der Waals surface area contributed by atoms with Crippen molar-refractivity contribution >= 4 is 28.8 Å². The summed E-state index contributed by atoms with van der Waals surface area (Å²) >= 11 is 1.64. The molecule has 1 aliphatic carbocycles. The SMILES string of the molecule is CC1CCN(Cc2ccc(NC(=O)[C@@H]3c4ccccc4C(=O)N(C4CCCC4)[C@@H]3c3cccs3)cc2)CC1. The van der Waals surface area contributed by atoms with Gasteiger partial charge in [0.1, 0.15) is 0 Å². The number of carbonyl (C=O) groups is 2. The molecule has 1 saturated heterocycles. The number of carbonyl (C=O) groups excluding carboxylic acids is 2. The fourth-order valence-corrected chi connectivity index (χ4v) is 7.43. The number of hydrogen-bond acceptors (Lipinski definition) is 4. The Balaban J connectivity index is 1.27. The molecule has 2 aliphatic heterocycles. The highest BCUT2D eigenvalue weighted by Crippen LogP contribution is 2.47. The molecule has 1 saturated carbocycles. The van der Waals surface area contributed by atoms with Gasteiger partial charge in [0.25, 0.3) is 5.91 Å². The number of amides is 2. The summed E-state index contributed by atoms with van der Waals surface area (Å²) < 4.78 is 0. The number of thiophene rings is 1. The molecule has 3 heterocycles. The van der Waals surface area contributed by atoms with Gasteiger partial charge in [0.05, 0.1) is 12.0 Å². The first kappa shape index (κ1) is 25.3. The first-order chi connectivity index (χ1) is 18.6. The lowest BCUT2D eigenvalue weighted by Gasteiger charge is -2.44. The molecule has 2 amide bonds. The van der Waals surface area contributed by atoms with Gasteiger partial charge in [-0.1, -0.05) is 56.2 Å². The monoisotopic (exact) mass is 527 g/mol. The number of piperidine rings is 1. The summed E-state index contributed by atoms with van der Waals surface area (Å²) in [6.45, 7) is 5.60. The highest BCUT2D eigenvalue weighted by Gasteiger charge is 2.47. The van der Waals surface area contributed by atoms with E-state index in [1.165, 1.54) is 18.4 Å². The molecule has 5 nitrogen and oxygen atoms in total. The van der Waals surface area contributed by atoms with E-state index in [0.29, 0.717) is 5.56 Å². The van der Waals surface area contributed by atoms with E-state index < -0.39 is 5.92 Å². The van der Waals surface area contributed by atoms with Crippen LogP contribution in [0, 0.1) is 5.92 Å². The van der Waals surface area contributed by atoms with Gasteiger partial charge in [-0.25, -0.2) is 0 Å². The van der Waals surface area contributed by atoms with Gasteiger partial charge in [-0.2, -0.15) is 0 Å². The van der Waals surface area contributed by atoms with Crippen LogP contribution < -0.4 is 5.32 Å². The van der Waals surface area contributed by atoms with Crippen LogP contribution in [0.25, 0.3) is 0 Å². The lowest BCUT2D eigenvalue weighted by molar-refractivity contribution is -0.119. The molecule has 3 aliphatic rings. The van der Waals surface area contributed by atoms with Gasteiger partial charge in [0.2, 0.25) is 5.91 Å². The Morgan fingerprint density at radius 3 is 2.39 bits per heavy atom. The smallest absolute Gasteiger partial charge is 0.254 e. The van der Waals surface area contributed by atoms with Crippen LogP contribution >= 0.6 is 11.3 Å². The van der Waals surface area contributed by atoms with Crippen LogP contribution in [0.4, 0.5) is 5.69 Å². The van der Waals surface area contributed by atoms with Crippen LogP contribution in [-0.4, -0.2) is 40.7 Å². The molecule has 38 heavy (non-hydrogen) atoms. The Morgan fingerprint density at radius 2 is 1.68 bits per heavy atom. The van der Waals surface area contributed by atoms with Crippen molar-refractivity contribution in [2.24, 2.45) is 5.92 Å². The minimum Gasteiger partial charge on any atom is -0.327 e. The summed E-state index contributed by atoms with van der Waals surface area (Å²) in [5.74, 6) is 0.375. The molecule has 2 fully saturated rings. The third-order valence-corrected chi connectivity index (χ3v) is 9.66. The van der Waals surface area contributed by atoms with E-state index in [2.05, 4.69) is 35.3 Å². The van der Waals surface area contributed by atoms with Gasteiger partial charge >= 0.3 is 0 Å². The standard InChI is InChI=1S/C32H37N3O2S/c1-22-16-18-34(19-17-22)21-23-12-14-24(15-13-23)33-31(36)29-26-9-4-5-10-27(26)32(37)35(25-7-2-3-8-25)30(29)28-11-6-20-38-28/h4-6,9-15,20,22,25,29-30H,2-3,7-8,16-19,21H2,1H3,(H,33,36)/t29-,30-/m1/s1. The molecule has 6 heteroatoms. The second kappa shape index (κ2) is 11.0. The Morgan fingerprint density at radius 1 is 0.947 bits per heavy atom. The zero-order chi connectivity index (χ0) is 26.1. The maximum atomic E-state index is 14.1. The first-order valence-corrected chi connectivity index (χ1v) is 15.0. The third-order valence-electron chi connectivity index (χ3n) is 8.72. The molecule has 0 bridgehead atoms. The molecular weight excluding hydrogens is 490 g/mol. The molecule has 2 aromatic carbocycles. The average Bonchev–Trinajstić information content (AvgIpc) is 3.66. The number of rotatable bonds is 6. The van der Waals surface area contributed by atoms with Crippen molar-refractivity contribution in [3.63, 3.8) is 0 Å². The largest absolute Gasteiger partial charge is 0.327 e. The molecule has 1 N–H and O–H groups in total. The van der Waals surface area contributed by atoms with Crippen molar-refractivity contribution in [2.45, 2.75) is 70.0 Å². The van der Waals surface area contributed by atoms with Gasteiger partial charge in [-0.15, -0.1) is 11.3 Å². The molecule has 0 spiro atoms. The fourth-order valence-electron chi connectivity index (χ4n) is 6.57. The van der Waals surface area contributed by atoms with Crippen LogP contribution in [-0.2, 0) is 11.3 Å². The zero-order valence-electron chi connectivity index (χ0n) is 22.1. The van der Waals surface area contributed by atoms with Crippen LogP contribution in [0.15, 0.2) is 66.0 Å². The summed E-state index contributed by atoms with van der Waals surface area (Å²) in [5.41, 5.74) is 3.57. The van der Waals surface area contributed by atoms with Crippen molar-refractivity contribution in [1.82, 2.24) is 9.80 Å². The molecule has 1 aromatic heterocycles. The molecular formula is C32H37N3O2S. The number of nitrogens with one attached hydrogen (secondary N) is 1. The molecule has 6 rings (SSSR count). The number of hydrogen-bond donors (Lipinski definition) is 1. The number of nitrogens with zero attached hydrogens (tertiary/aromatic N) is 2. The van der Waals surface area contributed by atoms with E-state index in [9.17, 15) is 9.59 Å². The van der Waals surface area contributed by atoms with E-state index in [0.717, 1.165) is 67.4 Å². The first-order valence-electron chi connectivity index (χ1n) is 14.2. The summed E-state index contributed by atoms with van der Waals surface area (Å²) in [4.78, 5) is 33.6. The summed E-state index contributed by atoms with van der Waals surface area (Å²) in [6, 6.07) is 20.0. The predicted molar refractivity (Wildman–Crippen MR) is 153 cm³/mol. The Kier molecular flexibility index (Phi) is 7.35. The maximum Gasteiger partial charge on any atom is 0.254 e. The average molecular weight is 528 g/mol. The quantitative estimate of drug-likeness (QED) is 0.382.